The second-order valence-corrected chi connectivity index (χ2v) is 5.41. The van der Waals surface area contributed by atoms with Crippen LogP contribution >= 0.6 is 0 Å². The molecule has 1 unspecified atom stereocenters. The SMILES string of the molecule is CCOC(=O)/C=C/C1CCCCN1C(=O)OCc1ccccc1. The third-order valence-electron chi connectivity index (χ3n) is 3.73. The third kappa shape index (κ3) is 5.43. The molecular weight excluding hydrogens is 294 g/mol. The monoisotopic (exact) mass is 317 g/mol. The standard InChI is InChI=1S/C18H23NO4/c1-2-22-17(20)12-11-16-10-6-7-13-19(16)18(21)23-14-15-8-4-3-5-9-15/h3-5,8-9,11-12,16H,2,6-7,10,13-14H2,1H3/b12-11+. The highest BCUT2D eigenvalue weighted by Crippen LogP contribution is 2.19. The number of esters is 1. The van der Waals surface area contributed by atoms with Crippen molar-refractivity contribution in [1.29, 1.82) is 0 Å². The lowest BCUT2D eigenvalue weighted by atomic mass is 10.0. The number of ether oxygens (including phenoxy) is 2. The number of piperidine rings is 1. The summed E-state index contributed by atoms with van der Waals surface area (Å²) in [5.74, 6) is -0.379. The molecule has 1 aliphatic rings. The van der Waals surface area contributed by atoms with Crippen LogP contribution in [0.5, 0.6) is 0 Å². The summed E-state index contributed by atoms with van der Waals surface area (Å²) in [5, 5.41) is 0. The van der Waals surface area contributed by atoms with Gasteiger partial charge in [0.25, 0.3) is 0 Å². The van der Waals surface area contributed by atoms with E-state index in [1.165, 1.54) is 6.08 Å². The molecule has 1 amide bonds. The van der Waals surface area contributed by atoms with Crippen LogP contribution in [0.3, 0.4) is 0 Å². The first-order chi connectivity index (χ1) is 11.2. The zero-order chi connectivity index (χ0) is 16.5. The fourth-order valence-corrected chi connectivity index (χ4v) is 2.57. The van der Waals surface area contributed by atoms with Crippen molar-refractivity contribution >= 4 is 12.1 Å². The number of likely N-dealkylation sites (tertiary alicyclic amines) is 1. The van der Waals surface area contributed by atoms with Crippen molar-refractivity contribution in [2.45, 2.75) is 38.8 Å². The normalized spacial score (nSPS) is 18.0. The van der Waals surface area contributed by atoms with E-state index in [-0.39, 0.29) is 24.7 Å². The van der Waals surface area contributed by atoms with Gasteiger partial charge in [0.15, 0.2) is 0 Å². The average molecular weight is 317 g/mol. The van der Waals surface area contributed by atoms with Crippen LogP contribution in [0.1, 0.15) is 31.7 Å². The zero-order valence-corrected chi connectivity index (χ0v) is 13.4. The molecule has 1 saturated heterocycles. The van der Waals surface area contributed by atoms with E-state index in [2.05, 4.69) is 0 Å². The number of amides is 1. The van der Waals surface area contributed by atoms with Crippen molar-refractivity contribution in [3.8, 4) is 0 Å². The summed E-state index contributed by atoms with van der Waals surface area (Å²) in [5.41, 5.74) is 0.955. The van der Waals surface area contributed by atoms with E-state index in [1.807, 2.05) is 30.3 Å². The zero-order valence-electron chi connectivity index (χ0n) is 13.4. The van der Waals surface area contributed by atoms with Crippen molar-refractivity contribution in [2.24, 2.45) is 0 Å². The van der Waals surface area contributed by atoms with Gasteiger partial charge in [-0.3, -0.25) is 0 Å². The molecule has 0 saturated carbocycles. The number of carbonyl (C=O) groups is 2. The molecule has 5 nitrogen and oxygen atoms in total. The molecule has 2 rings (SSSR count). The van der Waals surface area contributed by atoms with E-state index in [9.17, 15) is 9.59 Å². The molecule has 0 aliphatic carbocycles. The topological polar surface area (TPSA) is 55.8 Å². The lowest BCUT2D eigenvalue weighted by Crippen LogP contribution is -2.43. The van der Waals surface area contributed by atoms with Crippen LogP contribution in [0, 0.1) is 0 Å². The second-order valence-electron chi connectivity index (χ2n) is 5.41. The maximum absolute atomic E-state index is 12.3. The van der Waals surface area contributed by atoms with Gasteiger partial charge in [-0.2, -0.15) is 0 Å². The van der Waals surface area contributed by atoms with Crippen LogP contribution in [0.15, 0.2) is 42.5 Å². The number of hydrogen-bond donors (Lipinski definition) is 0. The van der Waals surface area contributed by atoms with E-state index < -0.39 is 0 Å². The Hall–Kier alpha value is -2.30. The summed E-state index contributed by atoms with van der Waals surface area (Å²) in [6.07, 6.45) is 5.60. The van der Waals surface area contributed by atoms with Gasteiger partial charge < -0.3 is 14.4 Å². The van der Waals surface area contributed by atoms with Gasteiger partial charge >= 0.3 is 12.1 Å². The predicted molar refractivity (Wildman–Crippen MR) is 86.7 cm³/mol. The molecule has 0 bridgehead atoms. The van der Waals surface area contributed by atoms with Gasteiger partial charge in [0, 0.05) is 12.6 Å². The smallest absolute Gasteiger partial charge is 0.410 e. The van der Waals surface area contributed by atoms with Crippen LogP contribution in [-0.4, -0.2) is 36.2 Å². The molecule has 0 radical (unpaired) electrons. The van der Waals surface area contributed by atoms with E-state index >= 15 is 0 Å². The fraction of sp³-hybridized carbons (Fsp3) is 0.444. The minimum atomic E-state index is -0.379. The molecule has 0 aromatic heterocycles. The van der Waals surface area contributed by atoms with Gasteiger partial charge in [-0.25, -0.2) is 9.59 Å². The summed E-state index contributed by atoms with van der Waals surface area (Å²) in [6.45, 7) is 3.01. The third-order valence-corrected chi connectivity index (χ3v) is 3.73. The molecule has 1 fully saturated rings. The second kappa shape index (κ2) is 8.98. The van der Waals surface area contributed by atoms with E-state index in [0.29, 0.717) is 13.2 Å². The van der Waals surface area contributed by atoms with E-state index in [4.69, 9.17) is 9.47 Å². The molecule has 23 heavy (non-hydrogen) atoms. The minimum absolute atomic E-state index is 0.114. The number of rotatable bonds is 5. The Bertz CT molecular complexity index is 541. The van der Waals surface area contributed by atoms with Gasteiger partial charge in [-0.05, 0) is 31.7 Å². The van der Waals surface area contributed by atoms with Crippen molar-refractivity contribution in [3.05, 3.63) is 48.0 Å². The fourth-order valence-electron chi connectivity index (χ4n) is 2.57. The molecule has 1 aliphatic heterocycles. The summed E-state index contributed by atoms with van der Waals surface area (Å²) < 4.78 is 10.3. The Balaban J connectivity index is 1.91. The first kappa shape index (κ1) is 17.1. The predicted octanol–water partition coefficient (Wildman–Crippen LogP) is 3.30. The van der Waals surface area contributed by atoms with Gasteiger partial charge in [0.2, 0.25) is 0 Å². The van der Waals surface area contributed by atoms with Crippen LogP contribution in [0.4, 0.5) is 4.79 Å². The first-order valence-corrected chi connectivity index (χ1v) is 8.03. The summed E-state index contributed by atoms with van der Waals surface area (Å²) >= 11 is 0. The Morgan fingerprint density at radius 1 is 1.22 bits per heavy atom. The van der Waals surface area contributed by atoms with Crippen LogP contribution in [-0.2, 0) is 20.9 Å². The lowest BCUT2D eigenvalue weighted by molar-refractivity contribution is -0.137. The van der Waals surface area contributed by atoms with Gasteiger partial charge in [-0.1, -0.05) is 36.4 Å². The van der Waals surface area contributed by atoms with Gasteiger partial charge in [-0.15, -0.1) is 0 Å². The number of benzene rings is 1. The van der Waals surface area contributed by atoms with Crippen LogP contribution < -0.4 is 0 Å². The van der Waals surface area contributed by atoms with Gasteiger partial charge in [0.05, 0.1) is 12.6 Å². The van der Waals surface area contributed by atoms with E-state index in [0.717, 1.165) is 24.8 Å². The average Bonchev–Trinajstić information content (AvgIpc) is 2.59. The van der Waals surface area contributed by atoms with Crippen LogP contribution in [0.25, 0.3) is 0 Å². The molecule has 0 spiro atoms. The van der Waals surface area contributed by atoms with Gasteiger partial charge in [0.1, 0.15) is 6.61 Å². The maximum atomic E-state index is 12.3. The Morgan fingerprint density at radius 2 is 2.00 bits per heavy atom. The molecule has 1 aromatic rings. The highest BCUT2D eigenvalue weighted by atomic mass is 16.6. The Kier molecular flexibility index (Phi) is 6.66. The molecule has 5 heteroatoms. The van der Waals surface area contributed by atoms with Crippen LogP contribution in [0.2, 0.25) is 0 Å². The number of nitrogens with zero attached hydrogens (tertiary/aromatic N) is 1. The van der Waals surface area contributed by atoms with Crippen molar-refractivity contribution in [3.63, 3.8) is 0 Å². The molecule has 1 atom stereocenters. The molecule has 0 N–H and O–H groups in total. The Morgan fingerprint density at radius 3 is 2.74 bits per heavy atom. The van der Waals surface area contributed by atoms with Crippen molar-refractivity contribution in [1.82, 2.24) is 4.90 Å². The number of hydrogen-bond acceptors (Lipinski definition) is 4. The lowest BCUT2D eigenvalue weighted by Gasteiger charge is -2.33. The minimum Gasteiger partial charge on any atom is -0.463 e. The maximum Gasteiger partial charge on any atom is 0.410 e. The molecular formula is C18H23NO4. The highest BCUT2D eigenvalue weighted by Gasteiger charge is 2.26. The van der Waals surface area contributed by atoms with Crippen molar-refractivity contribution in [2.75, 3.05) is 13.2 Å². The summed E-state index contributed by atoms with van der Waals surface area (Å²) in [7, 11) is 0. The molecule has 1 aromatic carbocycles. The summed E-state index contributed by atoms with van der Waals surface area (Å²) in [6, 6.07) is 9.47. The quantitative estimate of drug-likeness (QED) is 0.617. The Labute approximate surface area is 136 Å². The molecule has 124 valence electrons. The summed E-state index contributed by atoms with van der Waals surface area (Å²) in [4.78, 5) is 25.4. The first-order valence-electron chi connectivity index (χ1n) is 8.03. The highest BCUT2D eigenvalue weighted by molar-refractivity contribution is 5.82. The van der Waals surface area contributed by atoms with Crippen molar-refractivity contribution < 1.29 is 19.1 Å². The largest absolute Gasteiger partial charge is 0.463 e. The number of carbonyl (C=O) groups excluding carboxylic acids is 2. The molecule has 1 heterocycles. The van der Waals surface area contributed by atoms with E-state index in [1.54, 1.807) is 17.9 Å².